The van der Waals surface area contributed by atoms with Crippen molar-refractivity contribution in [3.05, 3.63) is 98.0 Å². The van der Waals surface area contributed by atoms with Gasteiger partial charge in [-0.3, -0.25) is 0 Å². The van der Waals surface area contributed by atoms with Crippen LogP contribution in [0.1, 0.15) is 5.56 Å². The molecule has 0 bridgehead atoms. The maximum absolute atomic E-state index is 6.16. The topological polar surface area (TPSA) is 26.5 Å². The Labute approximate surface area is 193 Å². The van der Waals surface area contributed by atoms with Crippen LogP contribution in [0.25, 0.3) is 11.3 Å². The third kappa shape index (κ3) is 4.86. The Hall–Kier alpha value is -2.34. The van der Waals surface area contributed by atoms with Gasteiger partial charge in [-0.25, -0.2) is 4.99 Å². The van der Waals surface area contributed by atoms with E-state index in [0.29, 0.717) is 5.02 Å². The van der Waals surface area contributed by atoms with Crippen molar-refractivity contribution in [1.82, 2.24) is 4.57 Å². The number of methoxy groups -OCH3 is 1. The third-order valence-electron chi connectivity index (χ3n) is 4.75. The molecule has 0 atom stereocenters. The lowest BCUT2D eigenvalue weighted by Crippen LogP contribution is -2.17. The zero-order chi connectivity index (χ0) is 20.9. The SMILES string of the molecule is COc1ccc(-c2csc(=Nc3cccc(Cl)c3)n2CCc2ccccc2)cc1Br. The minimum absolute atomic E-state index is 0.683. The molecule has 4 aromatic rings. The van der Waals surface area contributed by atoms with Gasteiger partial charge < -0.3 is 9.30 Å². The summed E-state index contributed by atoms with van der Waals surface area (Å²) in [5, 5.41) is 2.84. The number of benzene rings is 3. The molecule has 4 rings (SSSR count). The Morgan fingerprint density at radius 1 is 1.03 bits per heavy atom. The molecular formula is C24H20BrClN2OS. The van der Waals surface area contributed by atoms with Gasteiger partial charge in [-0.2, -0.15) is 0 Å². The monoisotopic (exact) mass is 498 g/mol. The number of thiazole rings is 1. The van der Waals surface area contributed by atoms with Gasteiger partial charge in [-0.15, -0.1) is 11.3 Å². The van der Waals surface area contributed by atoms with Crippen LogP contribution < -0.4 is 9.54 Å². The molecule has 6 heteroatoms. The van der Waals surface area contributed by atoms with Crippen LogP contribution >= 0.6 is 38.9 Å². The van der Waals surface area contributed by atoms with Crippen LogP contribution in [0.3, 0.4) is 0 Å². The van der Waals surface area contributed by atoms with Crippen LogP contribution in [0.5, 0.6) is 5.75 Å². The van der Waals surface area contributed by atoms with Gasteiger partial charge in [0.2, 0.25) is 0 Å². The first-order valence-electron chi connectivity index (χ1n) is 9.50. The lowest BCUT2D eigenvalue weighted by Gasteiger charge is -2.11. The third-order valence-corrected chi connectivity index (χ3v) is 6.46. The van der Waals surface area contributed by atoms with Crippen LogP contribution in [0, 0.1) is 0 Å². The molecule has 1 aromatic heterocycles. The summed E-state index contributed by atoms with van der Waals surface area (Å²) >= 11 is 11.4. The molecule has 0 saturated carbocycles. The number of rotatable bonds is 6. The molecule has 30 heavy (non-hydrogen) atoms. The highest BCUT2D eigenvalue weighted by molar-refractivity contribution is 9.10. The van der Waals surface area contributed by atoms with E-state index in [1.54, 1.807) is 18.4 Å². The fourth-order valence-electron chi connectivity index (χ4n) is 3.23. The smallest absolute Gasteiger partial charge is 0.190 e. The van der Waals surface area contributed by atoms with E-state index in [-0.39, 0.29) is 0 Å². The molecule has 0 N–H and O–H groups in total. The van der Waals surface area contributed by atoms with Crippen molar-refractivity contribution in [3.63, 3.8) is 0 Å². The van der Waals surface area contributed by atoms with E-state index in [9.17, 15) is 0 Å². The Morgan fingerprint density at radius 3 is 2.60 bits per heavy atom. The van der Waals surface area contributed by atoms with E-state index >= 15 is 0 Å². The number of halogens is 2. The van der Waals surface area contributed by atoms with Gasteiger partial charge in [0.1, 0.15) is 5.75 Å². The molecule has 0 radical (unpaired) electrons. The summed E-state index contributed by atoms with van der Waals surface area (Å²) in [6.45, 7) is 0.825. The molecule has 0 aliphatic carbocycles. The fraction of sp³-hybridized carbons (Fsp3) is 0.125. The molecule has 0 aliphatic heterocycles. The molecular weight excluding hydrogens is 480 g/mol. The summed E-state index contributed by atoms with van der Waals surface area (Å²) in [6, 6.07) is 24.3. The fourth-order valence-corrected chi connectivity index (χ4v) is 4.91. The van der Waals surface area contributed by atoms with Gasteiger partial charge in [0.15, 0.2) is 4.80 Å². The Morgan fingerprint density at radius 2 is 1.87 bits per heavy atom. The second kappa shape index (κ2) is 9.65. The van der Waals surface area contributed by atoms with Gasteiger partial charge in [-0.05, 0) is 64.3 Å². The summed E-state index contributed by atoms with van der Waals surface area (Å²) in [7, 11) is 1.67. The van der Waals surface area contributed by atoms with E-state index in [2.05, 4.69) is 62.3 Å². The standard InChI is InChI=1S/C24H20BrClN2OS/c1-29-23-11-10-18(14-21(23)25)22-16-30-24(27-20-9-5-8-19(26)15-20)28(22)13-12-17-6-3-2-4-7-17/h2-11,14-16H,12-13H2,1H3. The Bertz CT molecular complexity index is 1220. The summed E-state index contributed by atoms with van der Waals surface area (Å²) in [5.41, 5.74) is 4.38. The van der Waals surface area contributed by atoms with Crippen molar-refractivity contribution >= 4 is 44.6 Å². The maximum Gasteiger partial charge on any atom is 0.190 e. The van der Waals surface area contributed by atoms with Crippen molar-refractivity contribution in [3.8, 4) is 17.0 Å². The van der Waals surface area contributed by atoms with Gasteiger partial charge in [0, 0.05) is 22.5 Å². The van der Waals surface area contributed by atoms with Gasteiger partial charge in [0.05, 0.1) is 23.0 Å². The van der Waals surface area contributed by atoms with Gasteiger partial charge in [0.25, 0.3) is 0 Å². The van der Waals surface area contributed by atoms with Gasteiger partial charge >= 0.3 is 0 Å². The molecule has 0 fully saturated rings. The predicted molar refractivity (Wildman–Crippen MR) is 129 cm³/mol. The number of aryl methyl sites for hydroxylation is 1. The number of hydrogen-bond donors (Lipinski definition) is 0. The zero-order valence-electron chi connectivity index (χ0n) is 16.4. The van der Waals surface area contributed by atoms with E-state index < -0.39 is 0 Å². The van der Waals surface area contributed by atoms with Crippen molar-refractivity contribution < 1.29 is 4.74 Å². The lowest BCUT2D eigenvalue weighted by atomic mass is 10.1. The van der Waals surface area contributed by atoms with Crippen LogP contribution in [0.4, 0.5) is 5.69 Å². The van der Waals surface area contributed by atoms with Crippen LogP contribution in [-0.2, 0) is 13.0 Å². The average Bonchev–Trinajstić information content (AvgIpc) is 3.15. The zero-order valence-corrected chi connectivity index (χ0v) is 19.5. The maximum atomic E-state index is 6.16. The summed E-state index contributed by atoms with van der Waals surface area (Å²) in [5.74, 6) is 0.814. The van der Waals surface area contributed by atoms with Crippen LogP contribution in [0.15, 0.2) is 87.6 Å². The van der Waals surface area contributed by atoms with Crippen molar-refractivity contribution in [1.29, 1.82) is 0 Å². The number of nitrogens with zero attached hydrogens (tertiary/aromatic N) is 2. The van der Waals surface area contributed by atoms with E-state index in [1.165, 1.54) is 5.56 Å². The van der Waals surface area contributed by atoms with E-state index in [0.717, 1.165) is 44.9 Å². The molecule has 1 heterocycles. The normalized spacial score (nSPS) is 11.6. The molecule has 0 amide bonds. The molecule has 3 aromatic carbocycles. The Kier molecular flexibility index (Phi) is 6.72. The number of aromatic nitrogens is 1. The Balaban J connectivity index is 1.78. The van der Waals surface area contributed by atoms with Gasteiger partial charge in [-0.1, -0.05) is 48.0 Å². The second-order valence-corrected chi connectivity index (χ2v) is 8.86. The van der Waals surface area contributed by atoms with Crippen molar-refractivity contribution in [2.45, 2.75) is 13.0 Å². The largest absolute Gasteiger partial charge is 0.496 e. The highest BCUT2D eigenvalue weighted by atomic mass is 79.9. The predicted octanol–water partition coefficient (Wildman–Crippen LogP) is 7.12. The first-order chi connectivity index (χ1) is 14.6. The average molecular weight is 500 g/mol. The quantitative estimate of drug-likeness (QED) is 0.277. The molecule has 0 unspecified atom stereocenters. The first-order valence-corrected chi connectivity index (χ1v) is 11.6. The molecule has 0 spiro atoms. The summed E-state index contributed by atoms with van der Waals surface area (Å²) in [4.78, 5) is 5.82. The van der Waals surface area contributed by atoms with Crippen molar-refractivity contribution in [2.75, 3.05) is 7.11 Å². The lowest BCUT2D eigenvalue weighted by molar-refractivity contribution is 0.412. The van der Waals surface area contributed by atoms with E-state index in [4.69, 9.17) is 21.3 Å². The summed E-state index contributed by atoms with van der Waals surface area (Å²) in [6.07, 6.45) is 0.921. The molecule has 0 aliphatic rings. The molecule has 0 saturated heterocycles. The minimum atomic E-state index is 0.683. The van der Waals surface area contributed by atoms with Crippen LogP contribution in [0.2, 0.25) is 5.02 Å². The van der Waals surface area contributed by atoms with Crippen LogP contribution in [-0.4, -0.2) is 11.7 Å². The molecule has 3 nitrogen and oxygen atoms in total. The highest BCUT2D eigenvalue weighted by Crippen LogP contribution is 2.31. The second-order valence-electron chi connectivity index (χ2n) is 6.73. The molecule has 152 valence electrons. The minimum Gasteiger partial charge on any atom is -0.496 e. The highest BCUT2D eigenvalue weighted by Gasteiger charge is 2.11. The number of ether oxygens (including phenoxy) is 1. The summed E-state index contributed by atoms with van der Waals surface area (Å²) < 4.78 is 8.58. The number of hydrogen-bond acceptors (Lipinski definition) is 3. The first kappa shape index (κ1) is 20.9. The van der Waals surface area contributed by atoms with E-state index in [1.807, 2.05) is 36.4 Å². The van der Waals surface area contributed by atoms with Crippen molar-refractivity contribution in [2.24, 2.45) is 4.99 Å².